The molecule has 13 heavy (non-hydrogen) atoms. The van der Waals surface area contributed by atoms with Crippen LogP contribution in [0.5, 0.6) is 0 Å². The van der Waals surface area contributed by atoms with Crippen molar-refractivity contribution in [2.24, 2.45) is 5.41 Å². The van der Waals surface area contributed by atoms with Gasteiger partial charge in [-0.05, 0) is 0 Å². The summed E-state index contributed by atoms with van der Waals surface area (Å²) in [4.78, 5) is 0. The van der Waals surface area contributed by atoms with Crippen LogP contribution >= 0.6 is 0 Å². The smallest absolute Gasteiger partial charge is 0.0627 e. The largest absolute Gasteiger partial charge is 0.412 e. The molecule has 0 saturated carbocycles. The summed E-state index contributed by atoms with van der Waals surface area (Å²) in [5.74, 6) is 0. The second kappa shape index (κ2) is 14.2. The van der Waals surface area contributed by atoms with Crippen LogP contribution in [0.2, 0.25) is 0 Å². The van der Waals surface area contributed by atoms with Crippen LogP contribution in [0.25, 0.3) is 0 Å². The Morgan fingerprint density at radius 3 is 0.692 bits per heavy atom. The van der Waals surface area contributed by atoms with E-state index in [-0.39, 0.29) is 21.9 Å². The molecule has 0 atom stereocenters. The summed E-state index contributed by atoms with van der Waals surface area (Å²) in [5.41, 5.74) is -1.11. The molecular formula is C5H20O8. The van der Waals surface area contributed by atoms with Gasteiger partial charge in [-0.1, -0.05) is 0 Å². The molecule has 0 aromatic carbocycles. The second-order valence-corrected chi connectivity index (χ2v) is 2.13. The number of aliphatic hydroxyl groups excluding tert-OH is 4. The first-order chi connectivity index (χ1) is 4.24. The van der Waals surface area contributed by atoms with Gasteiger partial charge in [0.15, 0.2) is 0 Å². The van der Waals surface area contributed by atoms with E-state index >= 15 is 0 Å². The van der Waals surface area contributed by atoms with E-state index in [2.05, 4.69) is 0 Å². The zero-order chi connectivity index (χ0) is 7.33. The van der Waals surface area contributed by atoms with E-state index in [4.69, 9.17) is 20.4 Å². The molecule has 12 N–H and O–H groups in total. The van der Waals surface area contributed by atoms with E-state index < -0.39 is 31.8 Å². The van der Waals surface area contributed by atoms with E-state index in [0.29, 0.717) is 0 Å². The van der Waals surface area contributed by atoms with Crippen LogP contribution in [0.3, 0.4) is 0 Å². The summed E-state index contributed by atoms with van der Waals surface area (Å²) < 4.78 is 0. The van der Waals surface area contributed by atoms with Gasteiger partial charge < -0.3 is 42.3 Å². The maximum Gasteiger partial charge on any atom is 0.0627 e. The van der Waals surface area contributed by atoms with E-state index in [1.54, 1.807) is 0 Å². The van der Waals surface area contributed by atoms with Gasteiger partial charge in [-0.25, -0.2) is 0 Å². The Kier molecular flexibility index (Phi) is 32.1. The van der Waals surface area contributed by atoms with Gasteiger partial charge in [0.25, 0.3) is 0 Å². The Balaban J connectivity index is -0.0000000533. The average molecular weight is 208 g/mol. The summed E-state index contributed by atoms with van der Waals surface area (Å²) in [7, 11) is 0. The van der Waals surface area contributed by atoms with E-state index in [1.165, 1.54) is 0 Å². The summed E-state index contributed by atoms with van der Waals surface area (Å²) >= 11 is 0. The van der Waals surface area contributed by atoms with Gasteiger partial charge in [-0.2, -0.15) is 0 Å². The number of hydrogen-bond donors (Lipinski definition) is 4. The van der Waals surface area contributed by atoms with Crippen LogP contribution in [0.15, 0.2) is 0 Å². The van der Waals surface area contributed by atoms with Crippen LogP contribution < -0.4 is 0 Å². The van der Waals surface area contributed by atoms with Crippen LogP contribution in [-0.4, -0.2) is 68.8 Å². The molecule has 0 fully saturated rings. The zero-order valence-electron chi connectivity index (χ0n) is 7.12. The summed E-state index contributed by atoms with van der Waals surface area (Å²) in [6.07, 6.45) is 0. The standard InChI is InChI=1S/C5H12O4.4H2O/c6-1-5(2-7,3-8)4-9;;;;/h6-9H,1-4H2;4*1H2. The molecule has 0 saturated heterocycles. The topological polar surface area (TPSA) is 207 Å². The summed E-state index contributed by atoms with van der Waals surface area (Å²) in [5, 5.41) is 34.0. The first-order valence-corrected chi connectivity index (χ1v) is 2.68. The third-order valence-corrected chi connectivity index (χ3v) is 1.34. The minimum absolute atomic E-state index is 0. The molecule has 0 aromatic heterocycles. The van der Waals surface area contributed by atoms with Crippen molar-refractivity contribution in [1.29, 1.82) is 0 Å². The molecule has 0 amide bonds. The van der Waals surface area contributed by atoms with Gasteiger partial charge in [0.1, 0.15) is 0 Å². The second-order valence-electron chi connectivity index (χ2n) is 2.13. The SMILES string of the molecule is O.O.O.O.OCC(CO)(CO)CO. The summed E-state index contributed by atoms with van der Waals surface area (Å²) in [6, 6.07) is 0. The molecule has 0 aliphatic heterocycles. The molecule has 0 bridgehead atoms. The number of aliphatic hydroxyl groups is 4. The molecule has 0 aromatic rings. The summed E-state index contributed by atoms with van der Waals surface area (Å²) in [6.45, 7) is -1.62. The molecule has 8 heteroatoms. The highest BCUT2D eigenvalue weighted by Crippen LogP contribution is 2.11. The van der Waals surface area contributed by atoms with Crippen molar-refractivity contribution in [1.82, 2.24) is 0 Å². The van der Waals surface area contributed by atoms with Gasteiger partial charge >= 0.3 is 0 Å². The molecule has 0 aliphatic carbocycles. The van der Waals surface area contributed by atoms with Crippen molar-refractivity contribution in [3.8, 4) is 0 Å². The lowest BCUT2D eigenvalue weighted by molar-refractivity contribution is -0.0328. The Hall–Kier alpha value is -0.320. The van der Waals surface area contributed by atoms with Crippen molar-refractivity contribution < 1.29 is 42.3 Å². The third-order valence-electron chi connectivity index (χ3n) is 1.34. The fourth-order valence-electron chi connectivity index (χ4n) is 0.300. The Morgan fingerprint density at radius 2 is 0.692 bits per heavy atom. The molecule has 0 radical (unpaired) electrons. The third kappa shape index (κ3) is 8.02. The van der Waals surface area contributed by atoms with Gasteiger partial charge in [-0.15, -0.1) is 0 Å². The average Bonchev–Trinajstić information content (AvgIpc) is 1.95. The highest BCUT2D eigenvalue weighted by Gasteiger charge is 2.26. The van der Waals surface area contributed by atoms with E-state index in [9.17, 15) is 0 Å². The first-order valence-electron chi connectivity index (χ1n) is 2.68. The predicted molar refractivity (Wildman–Crippen MR) is 45.2 cm³/mol. The lowest BCUT2D eigenvalue weighted by atomic mass is 9.93. The lowest BCUT2D eigenvalue weighted by Gasteiger charge is -2.23. The highest BCUT2D eigenvalue weighted by molar-refractivity contribution is 4.74. The van der Waals surface area contributed by atoms with E-state index in [0.717, 1.165) is 0 Å². The van der Waals surface area contributed by atoms with Crippen LogP contribution in [-0.2, 0) is 0 Å². The van der Waals surface area contributed by atoms with Crippen molar-refractivity contribution in [2.45, 2.75) is 0 Å². The molecule has 88 valence electrons. The molecule has 0 unspecified atom stereocenters. The van der Waals surface area contributed by atoms with Gasteiger partial charge in [-0.3, -0.25) is 0 Å². The van der Waals surface area contributed by atoms with Crippen molar-refractivity contribution >= 4 is 0 Å². The minimum Gasteiger partial charge on any atom is -0.412 e. The number of rotatable bonds is 4. The molecule has 8 nitrogen and oxygen atoms in total. The normalized spacial score (nSPS) is 8.31. The highest BCUT2D eigenvalue weighted by atomic mass is 16.3. The zero-order valence-corrected chi connectivity index (χ0v) is 7.12. The monoisotopic (exact) mass is 208 g/mol. The predicted octanol–water partition coefficient (Wildman–Crippen LogP) is -5.36. The fraction of sp³-hybridized carbons (Fsp3) is 1.00. The maximum absolute atomic E-state index is 8.50. The molecule has 0 spiro atoms. The molecule has 0 aliphatic rings. The van der Waals surface area contributed by atoms with Gasteiger partial charge in [0, 0.05) is 0 Å². The van der Waals surface area contributed by atoms with Crippen molar-refractivity contribution in [2.75, 3.05) is 26.4 Å². The molecule has 0 rings (SSSR count). The minimum atomic E-state index is -1.11. The maximum atomic E-state index is 8.50. The van der Waals surface area contributed by atoms with Crippen LogP contribution in [0, 0.1) is 5.41 Å². The van der Waals surface area contributed by atoms with Gasteiger partial charge in [0.2, 0.25) is 0 Å². The Bertz CT molecular complexity index is 55.4. The first kappa shape index (κ1) is 29.3. The molecule has 0 heterocycles. The van der Waals surface area contributed by atoms with Crippen LogP contribution in [0.4, 0.5) is 0 Å². The molecular weight excluding hydrogens is 188 g/mol. The quantitative estimate of drug-likeness (QED) is 0.356. The van der Waals surface area contributed by atoms with Crippen LogP contribution in [0.1, 0.15) is 0 Å². The van der Waals surface area contributed by atoms with E-state index in [1.807, 2.05) is 0 Å². The Morgan fingerprint density at radius 1 is 0.538 bits per heavy atom. The lowest BCUT2D eigenvalue weighted by Crippen LogP contribution is -2.37. The Labute approximate surface area is 75.3 Å². The number of hydrogen-bond acceptors (Lipinski definition) is 4. The fourth-order valence-corrected chi connectivity index (χ4v) is 0.300. The van der Waals surface area contributed by atoms with Crippen molar-refractivity contribution in [3.63, 3.8) is 0 Å². The van der Waals surface area contributed by atoms with Gasteiger partial charge in [0.05, 0.1) is 31.8 Å². The van der Waals surface area contributed by atoms with Crippen molar-refractivity contribution in [3.05, 3.63) is 0 Å².